The lowest BCUT2D eigenvalue weighted by molar-refractivity contribution is -0.133. The molecule has 1 fully saturated rings. The van der Waals surface area contributed by atoms with Crippen LogP contribution in [0.4, 0.5) is 4.39 Å². The SMILES string of the molecule is CC1CN(C(=O)CCCSc2nnc(-c3cccs3)n2-c2ccccc2)CCN1C(=O)c1cccc(F)c1. The first-order valence-electron chi connectivity index (χ1n) is 12.5. The minimum absolute atomic E-state index is 0.0825. The Morgan fingerprint density at radius 1 is 1.05 bits per heavy atom. The standard InChI is InChI=1S/C28H28FN5O2S2/c1-20-19-32(14-15-33(20)27(36)21-8-5-9-22(29)18-21)25(35)13-7-17-38-28-31-30-26(24-12-6-16-37-24)34(28)23-10-3-2-4-11-23/h2-6,8-12,16,18,20H,7,13-15,17,19H2,1H3. The molecule has 2 aromatic heterocycles. The number of para-hydroxylation sites is 1. The van der Waals surface area contributed by atoms with Gasteiger partial charge in [0.15, 0.2) is 11.0 Å². The van der Waals surface area contributed by atoms with Crippen molar-refractivity contribution in [1.29, 1.82) is 0 Å². The van der Waals surface area contributed by atoms with E-state index in [1.807, 2.05) is 59.7 Å². The van der Waals surface area contributed by atoms with Crippen LogP contribution in [0.2, 0.25) is 0 Å². The van der Waals surface area contributed by atoms with Gasteiger partial charge in [0.25, 0.3) is 5.91 Å². The van der Waals surface area contributed by atoms with Crippen molar-refractivity contribution in [2.75, 3.05) is 25.4 Å². The van der Waals surface area contributed by atoms with Crippen LogP contribution in [0.25, 0.3) is 16.4 Å². The lowest BCUT2D eigenvalue weighted by Crippen LogP contribution is -2.55. The molecule has 0 aliphatic carbocycles. The van der Waals surface area contributed by atoms with Crippen LogP contribution in [0.3, 0.4) is 0 Å². The van der Waals surface area contributed by atoms with Crippen LogP contribution in [-0.4, -0.2) is 67.8 Å². The Bertz CT molecular complexity index is 1390. The topological polar surface area (TPSA) is 71.3 Å². The summed E-state index contributed by atoms with van der Waals surface area (Å²) in [6.07, 6.45) is 1.13. The molecule has 0 N–H and O–H groups in total. The lowest BCUT2D eigenvalue weighted by atomic mass is 10.1. The zero-order valence-electron chi connectivity index (χ0n) is 21.0. The third-order valence-corrected chi connectivity index (χ3v) is 8.35. The largest absolute Gasteiger partial charge is 0.339 e. The predicted octanol–water partition coefficient (Wildman–Crippen LogP) is 5.38. The minimum Gasteiger partial charge on any atom is -0.339 e. The molecule has 1 aliphatic rings. The second-order valence-corrected chi connectivity index (χ2v) is 11.1. The van der Waals surface area contributed by atoms with Crippen LogP contribution in [0, 0.1) is 5.82 Å². The van der Waals surface area contributed by atoms with Crippen molar-refractivity contribution < 1.29 is 14.0 Å². The highest BCUT2D eigenvalue weighted by Crippen LogP contribution is 2.30. The van der Waals surface area contributed by atoms with E-state index in [4.69, 9.17) is 0 Å². The number of hydrogen-bond acceptors (Lipinski definition) is 6. The van der Waals surface area contributed by atoms with Crippen molar-refractivity contribution in [3.8, 4) is 16.4 Å². The highest BCUT2D eigenvalue weighted by molar-refractivity contribution is 7.99. The molecule has 10 heteroatoms. The summed E-state index contributed by atoms with van der Waals surface area (Å²) >= 11 is 3.22. The van der Waals surface area contributed by atoms with Gasteiger partial charge in [-0.2, -0.15) is 0 Å². The molecule has 3 heterocycles. The number of carbonyl (C=O) groups is 2. The Kier molecular flexibility index (Phi) is 8.19. The molecule has 196 valence electrons. The maximum absolute atomic E-state index is 13.6. The Morgan fingerprint density at radius 2 is 1.89 bits per heavy atom. The number of hydrogen-bond donors (Lipinski definition) is 0. The van der Waals surface area contributed by atoms with Crippen molar-refractivity contribution in [3.05, 3.63) is 83.5 Å². The Balaban J connectivity index is 1.15. The van der Waals surface area contributed by atoms with Crippen LogP contribution >= 0.6 is 23.1 Å². The molecule has 4 aromatic rings. The summed E-state index contributed by atoms with van der Waals surface area (Å²) in [5.74, 6) is 0.989. The van der Waals surface area contributed by atoms with E-state index in [1.165, 1.54) is 18.2 Å². The Labute approximate surface area is 229 Å². The molecular formula is C28H28FN5O2S2. The highest BCUT2D eigenvalue weighted by Gasteiger charge is 2.30. The molecule has 2 amide bonds. The molecule has 1 unspecified atom stereocenters. The summed E-state index contributed by atoms with van der Waals surface area (Å²) in [7, 11) is 0. The van der Waals surface area contributed by atoms with Crippen LogP contribution in [0.15, 0.2) is 77.3 Å². The van der Waals surface area contributed by atoms with Gasteiger partial charge < -0.3 is 9.80 Å². The van der Waals surface area contributed by atoms with E-state index < -0.39 is 5.82 Å². The maximum atomic E-state index is 13.6. The molecule has 5 rings (SSSR count). The van der Waals surface area contributed by atoms with Crippen LogP contribution < -0.4 is 0 Å². The smallest absolute Gasteiger partial charge is 0.254 e. The second kappa shape index (κ2) is 11.9. The zero-order valence-corrected chi connectivity index (χ0v) is 22.6. The van der Waals surface area contributed by atoms with E-state index in [0.717, 1.165) is 27.3 Å². The van der Waals surface area contributed by atoms with E-state index in [1.54, 1.807) is 34.1 Å². The van der Waals surface area contributed by atoms with Crippen molar-refractivity contribution in [1.82, 2.24) is 24.6 Å². The van der Waals surface area contributed by atoms with Gasteiger partial charge in [-0.05, 0) is 55.1 Å². The van der Waals surface area contributed by atoms with Gasteiger partial charge in [-0.1, -0.05) is 42.1 Å². The zero-order chi connectivity index (χ0) is 26.5. The molecular weight excluding hydrogens is 521 g/mol. The van der Waals surface area contributed by atoms with Crippen molar-refractivity contribution >= 4 is 34.9 Å². The normalized spacial score (nSPS) is 15.6. The summed E-state index contributed by atoms with van der Waals surface area (Å²) in [6, 6.07) is 19.7. The molecule has 2 aromatic carbocycles. The van der Waals surface area contributed by atoms with Gasteiger partial charge in [-0.25, -0.2) is 4.39 Å². The molecule has 0 spiro atoms. The maximum Gasteiger partial charge on any atom is 0.254 e. The summed E-state index contributed by atoms with van der Waals surface area (Å²) in [4.78, 5) is 30.4. The first-order chi connectivity index (χ1) is 18.5. The number of aromatic nitrogens is 3. The number of carbonyl (C=O) groups excluding carboxylic acids is 2. The molecule has 1 saturated heterocycles. The molecule has 1 aliphatic heterocycles. The minimum atomic E-state index is -0.431. The van der Waals surface area contributed by atoms with Gasteiger partial charge in [-0.3, -0.25) is 14.2 Å². The average molecular weight is 550 g/mol. The monoisotopic (exact) mass is 549 g/mol. The third kappa shape index (κ3) is 5.81. The third-order valence-electron chi connectivity index (χ3n) is 6.47. The predicted molar refractivity (Wildman–Crippen MR) is 148 cm³/mol. The van der Waals surface area contributed by atoms with Crippen molar-refractivity contribution in [3.63, 3.8) is 0 Å². The first kappa shape index (κ1) is 26.1. The Morgan fingerprint density at radius 3 is 2.63 bits per heavy atom. The van der Waals surface area contributed by atoms with Crippen LogP contribution in [-0.2, 0) is 4.79 Å². The van der Waals surface area contributed by atoms with E-state index in [9.17, 15) is 14.0 Å². The number of halogens is 1. The van der Waals surface area contributed by atoms with Gasteiger partial charge >= 0.3 is 0 Å². The van der Waals surface area contributed by atoms with Gasteiger partial charge in [0.2, 0.25) is 5.91 Å². The fourth-order valence-electron chi connectivity index (χ4n) is 4.56. The number of nitrogens with zero attached hydrogens (tertiary/aromatic N) is 5. The summed E-state index contributed by atoms with van der Waals surface area (Å²) in [6.45, 7) is 3.31. The number of thioether (sulfide) groups is 1. The number of amides is 2. The van der Waals surface area contributed by atoms with Crippen LogP contribution in [0.5, 0.6) is 0 Å². The Hall–Kier alpha value is -3.50. The first-order valence-corrected chi connectivity index (χ1v) is 14.4. The van der Waals surface area contributed by atoms with Gasteiger partial charge in [-0.15, -0.1) is 21.5 Å². The van der Waals surface area contributed by atoms with E-state index in [0.29, 0.717) is 38.0 Å². The van der Waals surface area contributed by atoms with Gasteiger partial charge in [0, 0.05) is 49.1 Å². The van der Waals surface area contributed by atoms with E-state index >= 15 is 0 Å². The summed E-state index contributed by atoms with van der Waals surface area (Å²) < 4.78 is 15.6. The average Bonchev–Trinajstić information content (AvgIpc) is 3.61. The fourth-order valence-corrected chi connectivity index (χ4v) is 6.15. The lowest BCUT2D eigenvalue weighted by Gasteiger charge is -2.40. The summed E-state index contributed by atoms with van der Waals surface area (Å²) in [5.41, 5.74) is 1.33. The van der Waals surface area contributed by atoms with Crippen molar-refractivity contribution in [2.45, 2.75) is 31.0 Å². The second-order valence-electron chi connectivity index (χ2n) is 9.10. The quantitative estimate of drug-likeness (QED) is 0.218. The molecule has 0 saturated carbocycles. The molecule has 1 atom stereocenters. The van der Waals surface area contributed by atoms with Crippen LogP contribution in [0.1, 0.15) is 30.1 Å². The molecule has 0 radical (unpaired) electrons. The molecule has 0 bridgehead atoms. The van der Waals surface area contributed by atoms with E-state index in [2.05, 4.69) is 14.8 Å². The number of benzene rings is 2. The fraction of sp³-hybridized carbons (Fsp3) is 0.286. The highest BCUT2D eigenvalue weighted by atomic mass is 32.2. The number of rotatable bonds is 8. The number of thiophene rings is 1. The molecule has 38 heavy (non-hydrogen) atoms. The van der Waals surface area contributed by atoms with Gasteiger partial charge in [0.1, 0.15) is 5.82 Å². The van der Waals surface area contributed by atoms with E-state index in [-0.39, 0.29) is 17.9 Å². The number of piperazine rings is 1. The van der Waals surface area contributed by atoms with Crippen molar-refractivity contribution in [2.24, 2.45) is 0 Å². The summed E-state index contributed by atoms with van der Waals surface area (Å²) in [5, 5.41) is 11.7. The van der Waals surface area contributed by atoms with Gasteiger partial charge in [0.05, 0.1) is 4.88 Å². The molecule has 7 nitrogen and oxygen atoms in total.